The molecule has 1 N–H and O–H groups in total. The van der Waals surface area contributed by atoms with Crippen LogP contribution >= 0.6 is 0 Å². The zero-order valence-electron chi connectivity index (χ0n) is 16.1. The number of aryl methyl sites for hydroxylation is 3. The molecule has 1 saturated heterocycles. The van der Waals surface area contributed by atoms with E-state index in [1.165, 1.54) is 10.5 Å². The van der Waals surface area contributed by atoms with Gasteiger partial charge in [-0.1, -0.05) is 6.07 Å². The third-order valence-corrected chi connectivity index (χ3v) is 5.11. The van der Waals surface area contributed by atoms with Gasteiger partial charge in [-0.15, -0.1) is 0 Å². The summed E-state index contributed by atoms with van der Waals surface area (Å²) in [5, 5.41) is 2.75. The number of urea groups is 1. The molecule has 1 unspecified atom stereocenters. The van der Waals surface area contributed by atoms with Crippen molar-refractivity contribution in [2.45, 2.75) is 39.8 Å². The molecule has 1 aliphatic rings. The van der Waals surface area contributed by atoms with Gasteiger partial charge >= 0.3 is 6.03 Å². The van der Waals surface area contributed by atoms with E-state index < -0.39 is 17.5 Å². The average molecular weight is 380 g/mol. The van der Waals surface area contributed by atoms with E-state index in [9.17, 15) is 14.4 Å². The third kappa shape index (κ3) is 2.60. The van der Waals surface area contributed by atoms with Crippen LogP contribution in [0.3, 0.4) is 0 Å². The van der Waals surface area contributed by atoms with Crippen molar-refractivity contribution in [3.63, 3.8) is 0 Å². The molecule has 1 fully saturated rings. The molecule has 1 atom stereocenters. The molecule has 4 rings (SSSR count). The average Bonchev–Trinajstić information content (AvgIpc) is 3.06. The predicted octanol–water partition coefficient (Wildman–Crippen LogP) is 2.18. The largest absolute Gasteiger partial charge is 0.466 e. The zero-order valence-corrected chi connectivity index (χ0v) is 16.1. The van der Waals surface area contributed by atoms with Crippen LogP contribution < -0.4 is 10.9 Å². The summed E-state index contributed by atoms with van der Waals surface area (Å²) in [6.45, 7) is 6.91. The summed E-state index contributed by atoms with van der Waals surface area (Å²) in [7, 11) is 0. The standard InChI is InChI=1S/C20H20N4O4/c1-11-6-5-7-16-21-14(9-17(25)24(11)16)10-23-18(26)20(4,22-19(23)27)15-8-12(2)28-13(15)3/h5-9H,10H2,1-4H3,(H,22,27). The number of carbonyl (C=O) groups excluding carboxylic acids is 2. The predicted molar refractivity (Wildman–Crippen MR) is 101 cm³/mol. The van der Waals surface area contributed by atoms with Crippen molar-refractivity contribution in [3.8, 4) is 0 Å². The van der Waals surface area contributed by atoms with Crippen molar-refractivity contribution in [1.29, 1.82) is 0 Å². The monoisotopic (exact) mass is 380 g/mol. The van der Waals surface area contributed by atoms with Gasteiger partial charge in [-0.05, 0) is 45.9 Å². The van der Waals surface area contributed by atoms with E-state index in [1.54, 1.807) is 39.0 Å². The fraction of sp³-hybridized carbons (Fsp3) is 0.300. The number of pyridine rings is 1. The molecule has 0 saturated carbocycles. The lowest BCUT2D eigenvalue weighted by Crippen LogP contribution is -2.41. The fourth-order valence-electron chi connectivity index (χ4n) is 3.76. The smallest absolute Gasteiger partial charge is 0.325 e. The number of nitrogens with one attached hydrogen (secondary N) is 1. The fourth-order valence-corrected chi connectivity index (χ4v) is 3.76. The number of furan rings is 1. The number of aromatic nitrogens is 2. The topological polar surface area (TPSA) is 96.9 Å². The first kappa shape index (κ1) is 18.0. The Kier molecular flexibility index (Phi) is 3.88. The molecule has 0 bridgehead atoms. The molecule has 0 aromatic carbocycles. The van der Waals surface area contributed by atoms with Crippen molar-refractivity contribution >= 4 is 17.6 Å². The summed E-state index contributed by atoms with van der Waals surface area (Å²) in [4.78, 5) is 43.6. The minimum Gasteiger partial charge on any atom is -0.466 e. The number of hydrogen-bond acceptors (Lipinski definition) is 5. The third-order valence-electron chi connectivity index (χ3n) is 5.11. The first-order chi connectivity index (χ1) is 13.2. The van der Waals surface area contributed by atoms with E-state index in [-0.39, 0.29) is 12.1 Å². The molecule has 144 valence electrons. The van der Waals surface area contributed by atoms with Crippen LogP contribution in [0.4, 0.5) is 4.79 Å². The number of rotatable bonds is 3. The van der Waals surface area contributed by atoms with Crippen molar-refractivity contribution < 1.29 is 14.0 Å². The zero-order chi connectivity index (χ0) is 20.2. The van der Waals surface area contributed by atoms with Gasteiger partial charge in [0, 0.05) is 17.3 Å². The Morgan fingerprint density at radius 2 is 1.89 bits per heavy atom. The summed E-state index contributed by atoms with van der Waals surface area (Å²) >= 11 is 0. The molecule has 0 spiro atoms. The highest BCUT2D eigenvalue weighted by atomic mass is 16.3. The Bertz CT molecular complexity index is 1190. The highest BCUT2D eigenvalue weighted by Crippen LogP contribution is 2.33. The number of amides is 3. The summed E-state index contributed by atoms with van der Waals surface area (Å²) in [5.41, 5.74) is 0.723. The first-order valence-corrected chi connectivity index (χ1v) is 8.90. The molecule has 3 aromatic rings. The first-order valence-electron chi connectivity index (χ1n) is 8.90. The van der Waals surface area contributed by atoms with Gasteiger partial charge in [-0.25, -0.2) is 9.78 Å². The van der Waals surface area contributed by atoms with Crippen molar-refractivity contribution in [3.05, 3.63) is 69.2 Å². The lowest BCUT2D eigenvalue weighted by Gasteiger charge is -2.21. The summed E-state index contributed by atoms with van der Waals surface area (Å²) < 4.78 is 7.01. The van der Waals surface area contributed by atoms with E-state index in [4.69, 9.17) is 4.42 Å². The molecular formula is C20H20N4O4. The number of imide groups is 1. The van der Waals surface area contributed by atoms with Crippen molar-refractivity contribution in [1.82, 2.24) is 19.6 Å². The lowest BCUT2D eigenvalue weighted by molar-refractivity contribution is -0.131. The molecular weight excluding hydrogens is 360 g/mol. The quantitative estimate of drug-likeness (QED) is 0.703. The van der Waals surface area contributed by atoms with Gasteiger partial charge < -0.3 is 9.73 Å². The molecule has 4 heterocycles. The minimum absolute atomic E-state index is 0.0875. The maximum absolute atomic E-state index is 13.1. The van der Waals surface area contributed by atoms with Crippen molar-refractivity contribution in [2.24, 2.45) is 0 Å². The highest BCUT2D eigenvalue weighted by Gasteiger charge is 2.50. The van der Waals surface area contributed by atoms with Gasteiger partial charge in [-0.2, -0.15) is 0 Å². The van der Waals surface area contributed by atoms with E-state index >= 15 is 0 Å². The van der Waals surface area contributed by atoms with E-state index in [2.05, 4.69) is 10.3 Å². The Balaban J connectivity index is 1.70. The van der Waals surface area contributed by atoms with E-state index in [0.29, 0.717) is 28.4 Å². The number of nitrogens with zero attached hydrogens (tertiary/aromatic N) is 3. The molecule has 3 amide bonds. The number of hydrogen-bond donors (Lipinski definition) is 1. The van der Waals surface area contributed by atoms with Crippen LogP contribution in [0.2, 0.25) is 0 Å². The second kappa shape index (κ2) is 6.05. The van der Waals surface area contributed by atoms with Crippen LogP contribution in [0, 0.1) is 20.8 Å². The Morgan fingerprint density at radius 3 is 2.57 bits per heavy atom. The van der Waals surface area contributed by atoms with Gasteiger partial charge in [0.15, 0.2) is 0 Å². The molecule has 0 radical (unpaired) electrons. The van der Waals surface area contributed by atoms with Gasteiger partial charge in [-0.3, -0.25) is 18.9 Å². The Hall–Kier alpha value is -3.42. The van der Waals surface area contributed by atoms with Crippen LogP contribution in [0.25, 0.3) is 5.65 Å². The second-order valence-electron chi connectivity index (χ2n) is 7.22. The molecule has 3 aromatic heterocycles. The van der Waals surface area contributed by atoms with Gasteiger partial charge in [0.2, 0.25) is 0 Å². The van der Waals surface area contributed by atoms with Gasteiger partial charge in [0.25, 0.3) is 11.5 Å². The van der Waals surface area contributed by atoms with Crippen LogP contribution in [-0.4, -0.2) is 26.2 Å². The van der Waals surface area contributed by atoms with Crippen LogP contribution in [0.15, 0.2) is 39.5 Å². The normalized spacial score (nSPS) is 19.5. The maximum Gasteiger partial charge on any atom is 0.325 e. The summed E-state index contributed by atoms with van der Waals surface area (Å²) in [5.74, 6) is 0.828. The molecule has 0 aliphatic carbocycles. The Morgan fingerprint density at radius 1 is 1.14 bits per heavy atom. The SMILES string of the molecule is Cc1cc(C2(C)NC(=O)N(Cc3cc(=O)n4c(C)cccc4n3)C2=O)c(C)o1. The number of carbonyl (C=O) groups is 2. The molecule has 8 heteroatoms. The molecule has 8 nitrogen and oxygen atoms in total. The van der Waals surface area contributed by atoms with E-state index in [0.717, 1.165) is 10.6 Å². The summed E-state index contributed by atoms with van der Waals surface area (Å²) in [6.07, 6.45) is 0. The highest BCUT2D eigenvalue weighted by molar-refractivity contribution is 6.07. The van der Waals surface area contributed by atoms with E-state index in [1.807, 2.05) is 13.0 Å². The second-order valence-corrected chi connectivity index (χ2v) is 7.22. The van der Waals surface area contributed by atoms with Gasteiger partial charge in [0.05, 0.1) is 12.2 Å². The Labute approximate surface area is 160 Å². The summed E-state index contributed by atoms with van der Waals surface area (Å²) in [6, 6.07) is 7.90. The van der Waals surface area contributed by atoms with Crippen molar-refractivity contribution in [2.75, 3.05) is 0 Å². The van der Waals surface area contributed by atoms with Gasteiger partial charge in [0.1, 0.15) is 22.7 Å². The molecule has 1 aliphatic heterocycles. The lowest BCUT2D eigenvalue weighted by atomic mass is 9.92. The molecule has 28 heavy (non-hydrogen) atoms. The maximum atomic E-state index is 13.1. The minimum atomic E-state index is -1.22. The van der Waals surface area contributed by atoms with Crippen LogP contribution in [-0.2, 0) is 16.9 Å². The van der Waals surface area contributed by atoms with Crippen LogP contribution in [0.5, 0.6) is 0 Å². The van der Waals surface area contributed by atoms with Crippen LogP contribution in [0.1, 0.15) is 35.4 Å². The number of fused-ring (bicyclic) bond motifs is 1.